The minimum absolute atomic E-state index is 0.0583. The third kappa shape index (κ3) is 2.60. The third-order valence-electron chi connectivity index (χ3n) is 3.74. The van der Waals surface area contributed by atoms with E-state index in [9.17, 15) is 17.6 Å². The molecule has 114 valence electrons. The fourth-order valence-corrected chi connectivity index (χ4v) is 4.29. The second-order valence-electron chi connectivity index (χ2n) is 5.64. The second kappa shape index (κ2) is 4.67. The van der Waals surface area contributed by atoms with Crippen LogP contribution in [0.15, 0.2) is 27.9 Å². The average Bonchev–Trinajstić information content (AvgIpc) is 2.76. The average molecular weight is 313 g/mol. The van der Waals surface area contributed by atoms with E-state index in [0.29, 0.717) is 30.4 Å². The van der Waals surface area contributed by atoms with E-state index < -0.39 is 21.4 Å². The summed E-state index contributed by atoms with van der Waals surface area (Å²) in [6.07, 6.45) is 0.860. The van der Waals surface area contributed by atoms with Crippen molar-refractivity contribution >= 4 is 21.1 Å². The second-order valence-corrected chi connectivity index (χ2v) is 7.58. The number of rotatable bonds is 2. The van der Waals surface area contributed by atoms with Gasteiger partial charge in [0.2, 0.25) is 10.0 Å². The summed E-state index contributed by atoms with van der Waals surface area (Å²) >= 11 is 0. The van der Waals surface area contributed by atoms with Crippen molar-refractivity contribution in [2.24, 2.45) is 0 Å². The molecule has 1 aromatic heterocycles. The Morgan fingerprint density at radius 1 is 1.29 bits per heavy atom. The van der Waals surface area contributed by atoms with Crippen LogP contribution >= 0.6 is 0 Å². The molecule has 3 rings (SSSR count). The van der Waals surface area contributed by atoms with Crippen molar-refractivity contribution in [2.45, 2.75) is 30.3 Å². The van der Waals surface area contributed by atoms with Gasteiger partial charge in [-0.1, -0.05) is 0 Å². The summed E-state index contributed by atoms with van der Waals surface area (Å²) in [5.41, 5.74) is -0.944. The van der Waals surface area contributed by atoms with Gasteiger partial charge in [-0.25, -0.2) is 17.6 Å². The van der Waals surface area contributed by atoms with Crippen LogP contribution in [0.25, 0.3) is 11.0 Å². The standard InChI is InChI=1S/C13H16FN3O3S/c1-13(14)5-2-6-17(8-13)21(19,20)9-3-4-10-11(7-9)16-12(18)15-10/h3-4,7H,2,5-6,8H2,1H3,(H2,15,16,18). The van der Waals surface area contributed by atoms with Crippen molar-refractivity contribution in [2.75, 3.05) is 13.1 Å². The molecule has 0 bridgehead atoms. The Balaban J connectivity index is 2.01. The van der Waals surface area contributed by atoms with Crippen LogP contribution in [0.1, 0.15) is 19.8 Å². The van der Waals surface area contributed by atoms with Crippen LogP contribution < -0.4 is 5.69 Å². The van der Waals surface area contributed by atoms with E-state index in [0.717, 1.165) is 0 Å². The van der Waals surface area contributed by atoms with Gasteiger partial charge in [-0.15, -0.1) is 0 Å². The molecule has 1 fully saturated rings. The highest BCUT2D eigenvalue weighted by Crippen LogP contribution is 2.29. The van der Waals surface area contributed by atoms with Crippen molar-refractivity contribution in [3.05, 3.63) is 28.7 Å². The zero-order chi connectivity index (χ0) is 15.3. The Labute approximate surface area is 121 Å². The number of hydrogen-bond donors (Lipinski definition) is 2. The molecular formula is C13H16FN3O3S. The highest BCUT2D eigenvalue weighted by Gasteiger charge is 2.37. The lowest BCUT2D eigenvalue weighted by Gasteiger charge is -2.34. The van der Waals surface area contributed by atoms with Crippen LogP contribution in [-0.2, 0) is 10.0 Å². The van der Waals surface area contributed by atoms with Gasteiger partial charge < -0.3 is 9.97 Å². The Morgan fingerprint density at radius 2 is 2.00 bits per heavy atom. The smallest absolute Gasteiger partial charge is 0.306 e. The molecule has 1 atom stereocenters. The molecule has 2 heterocycles. The number of imidazole rings is 1. The highest BCUT2D eigenvalue weighted by molar-refractivity contribution is 7.89. The van der Waals surface area contributed by atoms with E-state index in [-0.39, 0.29) is 11.4 Å². The molecule has 1 saturated heterocycles. The monoisotopic (exact) mass is 313 g/mol. The van der Waals surface area contributed by atoms with Gasteiger partial charge in [-0.2, -0.15) is 4.31 Å². The van der Waals surface area contributed by atoms with Crippen LogP contribution in [0.5, 0.6) is 0 Å². The first-order valence-electron chi connectivity index (χ1n) is 6.69. The van der Waals surface area contributed by atoms with E-state index in [1.165, 1.54) is 29.4 Å². The molecule has 2 aromatic rings. The molecule has 6 nitrogen and oxygen atoms in total. The predicted octanol–water partition coefficient (Wildman–Crippen LogP) is 1.37. The minimum atomic E-state index is -3.76. The number of nitrogens with one attached hydrogen (secondary N) is 2. The summed E-state index contributed by atoms with van der Waals surface area (Å²) < 4.78 is 40.4. The van der Waals surface area contributed by atoms with Gasteiger partial charge in [0, 0.05) is 13.1 Å². The molecule has 0 aliphatic carbocycles. The van der Waals surface area contributed by atoms with Crippen LogP contribution in [-0.4, -0.2) is 41.4 Å². The molecule has 1 aliphatic rings. The zero-order valence-corrected chi connectivity index (χ0v) is 12.3. The Bertz CT molecular complexity index is 838. The van der Waals surface area contributed by atoms with Crippen LogP contribution in [0.3, 0.4) is 0 Å². The fourth-order valence-electron chi connectivity index (χ4n) is 2.68. The normalized spacial score (nSPS) is 24.5. The van der Waals surface area contributed by atoms with Gasteiger partial charge in [-0.05, 0) is 38.0 Å². The first-order chi connectivity index (χ1) is 9.78. The largest absolute Gasteiger partial charge is 0.323 e. The number of halogens is 1. The number of piperidine rings is 1. The van der Waals surface area contributed by atoms with E-state index in [1.54, 1.807) is 0 Å². The number of hydrogen-bond acceptors (Lipinski definition) is 3. The van der Waals surface area contributed by atoms with Crippen LogP contribution in [0, 0.1) is 0 Å². The van der Waals surface area contributed by atoms with Crippen molar-refractivity contribution in [1.29, 1.82) is 0 Å². The lowest BCUT2D eigenvalue weighted by atomic mass is 9.99. The van der Waals surface area contributed by atoms with Crippen molar-refractivity contribution in [3.8, 4) is 0 Å². The van der Waals surface area contributed by atoms with Crippen molar-refractivity contribution in [3.63, 3.8) is 0 Å². The Morgan fingerprint density at radius 3 is 2.71 bits per heavy atom. The molecule has 1 unspecified atom stereocenters. The number of H-pyrrole nitrogens is 2. The molecule has 0 saturated carbocycles. The first kappa shape index (κ1) is 14.3. The summed E-state index contributed by atoms with van der Waals surface area (Å²) in [5.74, 6) is 0. The van der Waals surface area contributed by atoms with E-state index in [1.807, 2.05) is 0 Å². The lowest BCUT2D eigenvalue weighted by Crippen LogP contribution is -2.46. The van der Waals surface area contributed by atoms with Gasteiger partial charge in [0.1, 0.15) is 5.67 Å². The molecule has 2 N–H and O–H groups in total. The lowest BCUT2D eigenvalue weighted by molar-refractivity contribution is 0.102. The maximum atomic E-state index is 14.1. The fraction of sp³-hybridized carbons (Fsp3) is 0.462. The molecule has 8 heteroatoms. The van der Waals surface area contributed by atoms with Crippen molar-refractivity contribution < 1.29 is 12.8 Å². The van der Waals surface area contributed by atoms with Gasteiger partial charge >= 0.3 is 5.69 Å². The third-order valence-corrected chi connectivity index (χ3v) is 5.58. The maximum absolute atomic E-state index is 14.1. The molecule has 1 aliphatic heterocycles. The summed E-state index contributed by atoms with van der Waals surface area (Å²) in [5, 5.41) is 0. The molecule has 21 heavy (non-hydrogen) atoms. The van der Waals surface area contributed by atoms with E-state index >= 15 is 0 Å². The minimum Gasteiger partial charge on any atom is -0.306 e. The zero-order valence-electron chi connectivity index (χ0n) is 11.5. The maximum Gasteiger partial charge on any atom is 0.323 e. The number of aromatic amines is 2. The van der Waals surface area contributed by atoms with Gasteiger partial charge in [0.25, 0.3) is 0 Å². The quantitative estimate of drug-likeness (QED) is 0.878. The molecule has 1 aromatic carbocycles. The molecule has 0 spiro atoms. The van der Waals surface area contributed by atoms with Gasteiger partial charge in [0.05, 0.1) is 15.9 Å². The molecular weight excluding hydrogens is 297 g/mol. The van der Waals surface area contributed by atoms with Gasteiger partial charge in [-0.3, -0.25) is 0 Å². The van der Waals surface area contributed by atoms with Crippen LogP contribution in [0.2, 0.25) is 0 Å². The number of benzene rings is 1. The summed E-state index contributed by atoms with van der Waals surface area (Å²) in [6, 6.07) is 4.34. The summed E-state index contributed by atoms with van der Waals surface area (Å²) in [6.45, 7) is 1.59. The van der Waals surface area contributed by atoms with E-state index in [4.69, 9.17) is 0 Å². The Hall–Kier alpha value is -1.67. The number of alkyl halides is 1. The number of sulfonamides is 1. The van der Waals surface area contributed by atoms with Crippen molar-refractivity contribution in [1.82, 2.24) is 14.3 Å². The number of aromatic nitrogens is 2. The number of fused-ring (bicyclic) bond motifs is 1. The first-order valence-corrected chi connectivity index (χ1v) is 8.13. The van der Waals surface area contributed by atoms with Gasteiger partial charge in [0.15, 0.2) is 0 Å². The SMILES string of the molecule is CC1(F)CCCN(S(=O)(=O)c2ccc3[nH]c(=O)[nH]c3c2)C1. The predicted molar refractivity (Wildman–Crippen MR) is 76.4 cm³/mol. The van der Waals surface area contributed by atoms with Crippen LogP contribution in [0.4, 0.5) is 4.39 Å². The van der Waals surface area contributed by atoms with E-state index in [2.05, 4.69) is 9.97 Å². The summed E-state index contributed by atoms with van der Waals surface area (Å²) in [7, 11) is -3.76. The Kier molecular flexibility index (Phi) is 3.18. The summed E-state index contributed by atoms with van der Waals surface area (Å²) in [4.78, 5) is 16.3. The highest BCUT2D eigenvalue weighted by atomic mass is 32.2. The number of nitrogens with zero attached hydrogens (tertiary/aromatic N) is 1. The molecule has 0 radical (unpaired) electrons. The topological polar surface area (TPSA) is 86.0 Å². The molecule has 0 amide bonds.